The Morgan fingerprint density at radius 2 is 1.35 bits per heavy atom. The van der Waals surface area contributed by atoms with Crippen molar-refractivity contribution in [1.29, 1.82) is 0 Å². The van der Waals surface area contributed by atoms with E-state index in [1.807, 2.05) is 30.5 Å². The molecule has 31 heavy (non-hydrogen) atoms. The monoisotopic (exact) mass is 417 g/mol. The summed E-state index contributed by atoms with van der Waals surface area (Å²) in [5.74, 6) is 3.23. The Morgan fingerprint density at radius 3 is 2.03 bits per heavy atom. The van der Waals surface area contributed by atoms with Crippen LogP contribution in [0.3, 0.4) is 0 Å². The number of hydrogen-bond donors (Lipinski definition) is 0. The van der Waals surface area contributed by atoms with Gasteiger partial charge in [-0.1, -0.05) is 30.3 Å². The van der Waals surface area contributed by atoms with Crippen LogP contribution in [0, 0.1) is 6.92 Å². The fourth-order valence-corrected chi connectivity index (χ4v) is 4.02. The third-order valence-electron chi connectivity index (χ3n) is 5.83. The van der Waals surface area contributed by atoms with E-state index in [0.717, 1.165) is 73.9 Å². The molecule has 2 fully saturated rings. The molecule has 2 aromatic heterocycles. The Balaban J connectivity index is 1.43. The molecule has 1 aromatic carbocycles. The molecule has 160 valence electrons. The van der Waals surface area contributed by atoms with E-state index in [0.29, 0.717) is 13.2 Å². The van der Waals surface area contributed by atoms with Gasteiger partial charge >= 0.3 is 0 Å². The second-order valence-electron chi connectivity index (χ2n) is 7.84. The summed E-state index contributed by atoms with van der Waals surface area (Å²) in [5, 5.41) is 0. The van der Waals surface area contributed by atoms with Crippen LogP contribution in [0.15, 0.2) is 48.7 Å². The lowest BCUT2D eigenvalue weighted by Gasteiger charge is -2.36. The molecule has 0 radical (unpaired) electrons. The van der Waals surface area contributed by atoms with E-state index < -0.39 is 0 Å². The summed E-state index contributed by atoms with van der Waals surface area (Å²) in [6, 6.07) is 14.3. The number of anilines is 3. The second-order valence-corrected chi connectivity index (χ2v) is 7.84. The summed E-state index contributed by atoms with van der Waals surface area (Å²) < 4.78 is 5.52. The average Bonchev–Trinajstić information content (AvgIpc) is 2.85. The van der Waals surface area contributed by atoms with Crippen LogP contribution in [0.2, 0.25) is 0 Å². The van der Waals surface area contributed by atoms with Crippen LogP contribution in [-0.2, 0) is 4.74 Å². The minimum atomic E-state index is 0.698. The van der Waals surface area contributed by atoms with Gasteiger partial charge in [-0.15, -0.1) is 0 Å². The van der Waals surface area contributed by atoms with Crippen molar-refractivity contribution in [1.82, 2.24) is 19.9 Å². The first-order valence-electron chi connectivity index (χ1n) is 10.8. The summed E-state index contributed by atoms with van der Waals surface area (Å²) in [7, 11) is 0. The molecule has 2 aliphatic rings. The van der Waals surface area contributed by atoms with Crippen molar-refractivity contribution in [3.05, 3.63) is 54.2 Å². The van der Waals surface area contributed by atoms with E-state index in [1.54, 1.807) is 0 Å². The zero-order valence-electron chi connectivity index (χ0n) is 17.8. The van der Waals surface area contributed by atoms with E-state index in [9.17, 15) is 0 Å². The van der Waals surface area contributed by atoms with Crippen LogP contribution in [0.25, 0.3) is 11.4 Å². The van der Waals surface area contributed by atoms with Gasteiger partial charge < -0.3 is 19.4 Å². The number of rotatable bonds is 4. The standard InChI is InChI=1S/C23H27N7O/c1-18-6-2-3-7-19(18)21-25-22(27-23(26-21)30-14-16-31-17-15-30)29-12-10-28(11-13-29)20-8-4-5-9-24-20/h2-9H,10-17H2,1H3. The number of ether oxygens (including phenoxy) is 1. The molecule has 2 aliphatic heterocycles. The molecule has 0 amide bonds. The number of benzene rings is 1. The topological polar surface area (TPSA) is 70.5 Å². The van der Waals surface area contributed by atoms with Crippen LogP contribution < -0.4 is 14.7 Å². The maximum atomic E-state index is 5.52. The predicted molar refractivity (Wildman–Crippen MR) is 122 cm³/mol. The lowest BCUT2D eigenvalue weighted by Crippen LogP contribution is -2.47. The Morgan fingerprint density at radius 1 is 0.710 bits per heavy atom. The van der Waals surface area contributed by atoms with Gasteiger partial charge in [-0.3, -0.25) is 0 Å². The number of nitrogens with zero attached hydrogens (tertiary/aromatic N) is 7. The summed E-state index contributed by atoms with van der Waals surface area (Å²) >= 11 is 0. The Labute approximate surface area is 182 Å². The SMILES string of the molecule is Cc1ccccc1-c1nc(N2CCOCC2)nc(N2CCN(c3ccccn3)CC2)n1. The predicted octanol–water partition coefficient (Wildman–Crippen LogP) is 2.41. The van der Waals surface area contributed by atoms with Crippen molar-refractivity contribution in [2.24, 2.45) is 0 Å². The van der Waals surface area contributed by atoms with Crippen molar-refractivity contribution in [3.8, 4) is 11.4 Å². The van der Waals surface area contributed by atoms with E-state index in [-0.39, 0.29) is 0 Å². The first-order valence-corrected chi connectivity index (χ1v) is 10.8. The van der Waals surface area contributed by atoms with Crippen LogP contribution >= 0.6 is 0 Å². The second kappa shape index (κ2) is 8.85. The average molecular weight is 418 g/mol. The molecule has 8 nitrogen and oxygen atoms in total. The van der Waals surface area contributed by atoms with Gasteiger partial charge in [-0.2, -0.15) is 15.0 Å². The van der Waals surface area contributed by atoms with Crippen LogP contribution in [0.5, 0.6) is 0 Å². The van der Waals surface area contributed by atoms with Gasteiger partial charge in [0.2, 0.25) is 11.9 Å². The maximum absolute atomic E-state index is 5.52. The van der Waals surface area contributed by atoms with Crippen molar-refractivity contribution in [2.45, 2.75) is 6.92 Å². The number of pyridine rings is 1. The van der Waals surface area contributed by atoms with Gasteiger partial charge in [0.15, 0.2) is 5.82 Å². The molecular formula is C23H27N7O. The fourth-order valence-electron chi connectivity index (χ4n) is 4.02. The van der Waals surface area contributed by atoms with Crippen LogP contribution in [0.1, 0.15) is 5.56 Å². The number of morpholine rings is 1. The molecule has 8 heteroatoms. The molecule has 0 bridgehead atoms. The van der Waals surface area contributed by atoms with Gasteiger partial charge in [0, 0.05) is 51.0 Å². The smallest absolute Gasteiger partial charge is 0.230 e. The molecule has 0 unspecified atom stereocenters. The first-order chi connectivity index (χ1) is 15.3. The highest BCUT2D eigenvalue weighted by atomic mass is 16.5. The minimum absolute atomic E-state index is 0.698. The molecule has 2 saturated heterocycles. The normalized spacial score (nSPS) is 17.1. The maximum Gasteiger partial charge on any atom is 0.230 e. The number of aromatic nitrogens is 4. The number of hydrogen-bond acceptors (Lipinski definition) is 8. The first kappa shape index (κ1) is 19.7. The van der Waals surface area contributed by atoms with E-state index in [1.165, 1.54) is 0 Å². The highest BCUT2D eigenvalue weighted by Gasteiger charge is 2.24. The molecule has 0 N–H and O–H groups in total. The summed E-state index contributed by atoms with van der Waals surface area (Å²) in [6.07, 6.45) is 1.84. The molecule has 0 saturated carbocycles. The summed E-state index contributed by atoms with van der Waals surface area (Å²) in [4.78, 5) is 25.9. The molecule has 0 aliphatic carbocycles. The molecule has 4 heterocycles. The van der Waals surface area contributed by atoms with Gasteiger partial charge in [-0.25, -0.2) is 4.98 Å². The Bertz CT molecular complexity index is 1020. The fraction of sp³-hybridized carbons (Fsp3) is 0.391. The highest BCUT2D eigenvalue weighted by Crippen LogP contribution is 2.25. The van der Waals surface area contributed by atoms with Gasteiger partial charge in [0.25, 0.3) is 0 Å². The highest BCUT2D eigenvalue weighted by molar-refractivity contribution is 5.62. The molecule has 5 rings (SSSR count). The third kappa shape index (κ3) is 4.29. The lowest BCUT2D eigenvalue weighted by atomic mass is 10.1. The van der Waals surface area contributed by atoms with Gasteiger partial charge in [0.1, 0.15) is 5.82 Å². The Kier molecular flexibility index (Phi) is 5.62. The molecular weight excluding hydrogens is 390 g/mol. The third-order valence-corrected chi connectivity index (χ3v) is 5.83. The van der Waals surface area contributed by atoms with Crippen LogP contribution in [-0.4, -0.2) is 72.4 Å². The summed E-state index contributed by atoms with van der Waals surface area (Å²) in [5.41, 5.74) is 2.21. The molecule has 0 spiro atoms. The number of piperazine rings is 1. The van der Waals surface area contributed by atoms with E-state index >= 15 is 0 Å². The largest absolute Gasteiger partial charge is 0.378 e. The summed E-state index contributed by atoms with van der Waals surface area (Å²) in [6.45, 7) is 8.54. The van der Waals surface area contributed by atoms with Gasteiger partial charge in [-0.05, 0) is 24.6 Å². The quantitative estimate of drug-likeness (QED) is 0.641. The van der Waals surface area contributed by atoms with Crippen molar-refractivity contribution in [2.75, 3.05) is 67.2 Å². The lowest BCUT2D eigenvalue weighted by molar-refractivity contribution is 0.122. The van der Waals surface area contributed by atoms with Crippen LogP contribution in [0.4, 0.5) is 17.7 Å². The van der Waals surface area contributed by atoms with Crippen molar-refractivity contribution >= 4 is 17.7 Å². The molecule has 3 aromatic rings. The van der Waals surface area contributed by atoms with Crippen molar-refractivity contribution in [3.63, 3.8) is 0 Å². The minimum Gasteiger partial charge on any atom is -0.378 e. The van der Waals surface area contributed by atoms with E-state index in [4.69, 9.17) is 19.7 Å². The Hall–Kier alpha value is -3.26. The molecule has 0 atom stereocenters. The number of aryl methyl sites for hydroxylation is 1. The zero-order valence-corrected chi connectivity index (χ0v) is 17.8. The van der Waals surface area contributed by atoms with Gasteiger partial charge in [0.05, 0.1) is 13.2 Å². The van der Waals surface area contributed by atoms with Crippen molar-refractivity contribution < 1.29 is 4.74 Å². The van der Waals surface area contributed by atoms with E-state index in [2.05, 4.69) is 44.8 Å². The zero-order chi connectivity index (χ0) is 21.0.